The van der Waals surface area contributed by atoms with Crippen molar-refractivity contribution in [3.05, 3.63) is 42.5 Å². The molecule has 4 rings (SSSR count). The maximum absolute atomic E-state index is 12.4. The fraction of sp³-hybridized carbons (Fsp3) is 0.308. The lowest BCUT2D eigenvalue weighted by molar-refractivity contribution is -0.174. The zero-order valence-electron chi connectivity index (χ0n) is 9.48. The molecule has 1 unspecified atom stereocenters. The Morgan fingerprint density at radius 1 is 1.33 bits per heavy atom. The van der Waals surface area contributed by atoms with Crippen LogP contribution < -0.4 is 0 Å². The van der Waals surface area contributed by atoms with Crippen LogP contribution in [0, 0.1) is 0 Å². The number of benzene rings is 1. The van der Waals surface area contributed by atoms with Crippen LogP contribution in [0.4, 0.5) is 0 Å². The molecule has 2 aliphatic heterocycles. The molecule has 94 valence electrons. The highest BCUT2D eigenvalue weighted by Gasteiger charge is 2.54. The third-order valence-corrected chi connectivity index (χ3v) is 5.13. The van der Waals surface area contributed by atoms with Crippen LogP contribution in [-0.2, 0) is 20.3 Å². The van der Waals surface area contributed by atoms with Gasteiger partial charge in [0.15, 0.2) is 5.60 Å². The second-order valence-electron chi connectivity index (χ2n) is 4.46. The van der Waals surface area contributed by atoms with Crippen LogP contribution in [0.5, 0.6) is 0 Å². The summed E-state index contributed by atoms with van der Waals surface area (Å²) in [5.41, 5.74) is -1.75. The Bertz CT molecular complexity index is 539. The van der Waals surface area contributed by atoms with Gasteiger partial charge in [-0.2, -0.15) is 0 Å². The highest BCUT2D eigenvalue weighted by molar-refractivity contribution is 7.85. The molecular weight excluding hydrogens is 252 g/mol. The first-order valence-corrected chi connectivity index (χ1v) is 6.91. The van der Waals surface area contributed by atoms with Gasteiger partial charge in [0.25, 0.3) is 0 Å². The summed E-state index contributed by atoms with van der Waals surface area (Å²) in [6.07, 6.45) is 3.09. The number of esters is 1. The SMILES string of the molecule is O=C1O[C@@H]2C=C[C@@]1(O)[C@@H](S(=O)c1ccccc1)C2. The topological polar surface area (TPSA) is 63.6 Å². The minimum absolute atomic E-state index is 0.371. The fourth-order valence-electron chi connectivity index (χ4n) is 2.32. The minimum Gasteiger partial charge on any atom is -0.456 e. The van der Waals surface area contributed by atoms with Gasteiger partial charge in [0.1, 0.15) is 6.10 Å². The molecule has 1 saturated heterocycles. The smallest absolute Gasteiger partial charge is 0.344 e. The third-order valence-electron chi connectivity index (χ3n) is 3.32. The Balaban J connectivity index is 1.97. The summed E-state index contributed by atoms with van der Waals surface area (Å²) >= 11 is 0. The lowest BCUT2D eigenvalue weighted by Crippen LogP contribution is -2.59. The van der Waals surface area contributed by atoms with E-state index in [1.165, 1.54) is 6.08 Å². The molecule has 0 saturated carbocycles. The molecule has 4 atom stereocenters. The van der Waals surface area contributed by atoms with E-state index in [0.717, 1.165) is 0 Å². The molecule has 1 aromatic rings. The van der Waals surface area contributed by atoms with Gasteiger partial charge >= 0.3 is 5.97 Å². The van der Waals surface area contributed by atoms with Crippen LogP contribution in [0.2, 0.25) is 0 Å². The van der Waals surface area contributed by atoms with Crippen LogP contribution in [0.1, 0.15) is 6.42 Å². The summed E-state index contributed by atoms with van der Waals surface area (Å²) in [5, 5.41) is 9.68. The van der Waals surface area contributed by atoms with Gasteiger partial charge in [-0.25, -0.2) is 4.79 Å². The highest BCUT2D eigenvalue weighted by atomic mass is 32.2. The van der Waals surface area contributed by atoms with Crippen molar-refractivity contribution in [2.24, 2.45) is 0 Å². The van der Waals surface area contributed by atoms with Gasteiger partial charge in [0.05, 0.1) is 16.0 Å². The van der Waals surface area contributed by atoms with Gasteiger partial charge in [-0.3, -0.25) is 4.21 Å². The lowest BCUT2D eigenvalue weighted by atomic mass is 9.86. The van der Waals surface area contributed by atoms with Crippen molar-refractivity contribution in [3.63, 3.8) is 0 Å². The van der Waals surface area contributed by atoms with Crippen molar-refractivity contribution in [1.82, 2.24) is 0 Å². The first kappa shape index (κ1) is 11.6. The first-order valence-electron chi connectivity index (χ1n) is 5.70. The lowest BCUT2D eigenvalue weighted by Gasteiger charge is -2.41. The van der Waals surface area contributed by atoms with Crippen molar-refractivity contribution in [2.75, 3.05) is 0 Å². The zero-order valence-corrected chi connectivity index (χ0v) is 10.3. The molecule has 0 radical (unpaired) electrons. The first-order chi connectivity index (χ1) is 8.61. The van der Waals surface area contributed by atoms with E-state index in [-0.39, 0.29) is 6.10 Å². The van der Waals surface area contributed by atoms with Crippen LogP contribution >= 0.6 is 0 Å². The molecule has 1 fully saturated rings. The second-order valence-corrected chi connectivity index (χ2v) is 6.10. The summed E-state index contributed by atoms with van der Waals surface area (Å²) in [4.78, 5) is 12.3. The Hall–Kier alpha value is -1.46. The van der Waals surface area contributed by atoms with Crippen LogP contribution in [0.3, 0.4) is 0 Å². The van der Waals surface area contributed by atoms with Crippen molar-refractivity contribution in [1.29, 1.82) is 0 Å². The third kappa shape index (κ3) is 1.62. The van der Waals surface area contributed by atoms with E-state index in [1.807, 2.05) is 6.07 Å². The van der Waals surface area contributed by atoms with Gasteiger partial charge in [0, 0.05) is 11.3 Å². The number of rotatable bonds is 2. The average Bonchev–Trinajstić information content (AvgIpc) is 2.40. The number of ether oxygens (including phenoxy) is 1. The number of carbonyl (C=O) groups excluding carboxylic acids is 1. The molecule has 18 heavy (non-hydrogen) atoms. The van der Waals surface area contributed by atoms with Gasteiger partial charge < -0.3 is 9.84 Å². The maximum Gasteiger partial charge on any atom is 0.344 e. The van der Waals surface area contributed by atoms with Crippen molar-refractivity contribution >= 4 is 16.8 Å². The van der Waals surface area contributed by atoms with E-state index < -0.39 is 27.6 Å². The Morgan fingerprint density at radius 2 is 2.06 bits per heavy atom. The summed E-state index contributed by atoms with van der Waals surface area (Å²) in [6.45, 7) is 0. The van der Waals surface area contributed by atoms with Crippen molar-refractivity contribution in [2.45, 2.75) is 28.3 Å². The molecule has 5 heteroatoms. The van der Waals surface area contributed by atoms with Crippen molar-refractivity contribution < 1.29 is 18.8 Å². The molecule has 2 heterocycles. The van der Waals surface area contributed by atoms with Crippen molar-refractivity contribution in [3.8, 4) is 0 Å². The molecule has 1 aliphatic carbocycles. The van der Waals surface area contributed by atoms with Crippen LogP contribution in [0.25, 0.3) is 0 Å². The minimum atomic E-state index is -1.75. The predicted molar refractivity (Wildman–Crippen MR) is 65.2 cm³/mol. The van der Waals surface area contributed by atoms with Gasteiger partial charge in [-0.05, 0) is 24.3 Å². The summed E-state index contributed by atoms with van der Waals surface area (Å²) in [6, 6.07) is 8.86. The summed E-state index contributed by atoms with van der Waals surface area (Å²) < 4.78 is 17.4. The van der Waals surface area contributed by atoms with Crippen LogP contribution in [0.15, 0.2) is 47.4 Å². The van der Waals surface area contributed by atoms with Gasteiger partial charge in [-0.15, -0.1) is 0 Å². The number of hydrogen-bond acceptors (Lipinski definition) is 4. The number of fused-ring (bicyclic) bond motifs is 2. The molecule has 2 bridgehead atoms. The molecule has 1 N–H and O–H groups in total. The van der Waals surface area contributed by atoms with Gasteiger partial charge in [0.2, 0.25) is 0 Å². The van der Waals surface area contributed by atoms with E-state index in [9.17, 15) is 14.1 Å². The predicted octanol–water partition coefficient (Wildman–Crippen LogP) is 0.779. The molecule has 0 amide bonds. The van der Waals surface area contributed by atoms with E-state index in [0.29, 0.717) is 11.3 Å². The van der Waals surface area contributed by atoms with E-state index in [2.05, 4.69) is 0 Å². The monoisotopic (exact) mass is 264 g/mol. The Labute approximate surface area is 107 Å². The highest BCUT2D eigenvalue weighted by Crippen LogP contribution is 2.37. The maximum atomic E-state index is 12.4. The normalized spacial score (nSPS) is 35.3. The molecule has 0 aromatic heterocycles. The largest absolute Gasteiger partial charge is 0.456 e. The average molecular weight is 264 g/mol. The number of carbonyl (C=O) groups is 1. The van der Waals surface area contributed by atoms with E-state index in [1.54, 1.807) is 30.3 Å². The Morgan fingerprint density at radius 3 is 2.72 bits per heavy atom. The number of aliphatic hydroxyl groups is 1. The molecule has 1 aromatic carbocycles. The molecule has 3 aliphatic rings. The summed E-state index contributed by atoms with van der Waals surface area (Å²) in [5.74, 6) is -0.699. The van der Waals surface area contributed by atoms with E-state index >= 15 is 0 Å². The molecule has 4 nitrogen and oxygen atoms in total. The Kier molecular flexibility index (Phi) is 2.60. The fourth-order valence-corrected chi connectivity index (χ4v) is 3.94. The second kappa shape index (κ2) is 4.03. The van der Waals surface area contributed by atoms with Crippen LogP contribution in [-0.4, -0.2) is 32.2 Å². The van der Waals surface area contributed by atoms with E-state index in [4.69, 9.17) is 4.74 Å². The summed E-state index contributed by atoms with van der Waals surface area (Å²) in [7, 11) is -1.43. The van der Waals surface area contributed by atoms with Gasteiger partial charge in [-0.1, -0.05) is 18.2 Å². The molecule has 0 spiro atoms. The zero-order chi connectivity index (χ0) is 12.8. The number of hydrogen-bond donors (Lipinski definition) is 1. The molecular formula is C13H12O4S. The standard InChI is InChI=1S/C13H12O4S/c14-12-13(15)7-6-9(17-12)8-11(13)18(16)10-4-2-1-3-5-10/h1-7,9,11,15H,8H2/t9-,11+,13-,18?/m1/s1. The quantitative estimate of drug-likeness (QED) is 0.633.